The van der Waals surface area contributed by atoms with Gasteiger partial charge in [-0.25, -0.2) is 0 Å². The Kier molecular flexibility index (Phi) is 3.39. The fourth-order valence-corrected chi connectivity index (χ4v) is 6.06. The highest BCUT2D eigenvalue weighted by Crippen LogP contribution is 2.78. The summed E-state index contributed by atoms with van der Waals surface area (Å²) in [4.78, 5) is 0. The van der Waals surface area contributed by atoms with Gasteiger partial charge < -0.3 is 14.2 Å². The average Bonchev–Trinajstić information content (AvgIpc) is 3.12. The summed E-state index contributed by atoms with van der Waals surface area (Å²) in [5, 5.41) is 0. The van der Waals surface area contributed by atoms with E-state index in [0.717, 1.165) is 24.7 Å². The fourth-order valence-electron chi connectivity index (χ4n) is 6.06. The summed E-state index contributed by atoms with van der Waals surface area (Å²) in [6.07, 6.45) is 11.5. The van der Waals surface area contributed by atoms with Crippen LogP contribution < -0.4 is 0 Å². The Morgan fingerprint density at radius 2 is 1.86 bits per heavy atom. The maximum Gasteiger partial charge on any atom is 0.178 e. The molecule has 4 fully saturated rings. The smallest absolute Gasteiger partial charge is 0.178 e. The second-order valence-electron chi connectivity index (χ2n) is 8.10. The molecular weight excluding hydrogens is 276 g/mol. The Morgan fingerprint density at radius 3 is 2.64 bits per heavy atom. The lowest BCUT2D eigenvalue weighted by Gasteiger charge is -2.51. The second kappa shape index (κ2) is 4.97. The van der Waals surface area contributed by atoms with Gasteiger partial charge in [0.1, 0.15) is 6.61 Å². The summed E-state index contributed by atoms with van der Waals surface area (Å²) in [5.41, 5.74) is 0.241. The number of hydrogen-bond acceptors (Lipinski definition) is 3. The summed E-state index contributed by atoms with van der Waals surface area (Å²) in [7, 11) is 0. The van der Waals surface area contributed by atoms with E-state index in [9.17, 15) is 0 Å². The Labute approximate surface area is 134 Å². The molecule has 1 spiro atoms. The molecule has 0 aromatic carbocycles. The van der Waals surface area contributed by atoms with Crippen molar-refractivity contribution < 1.29 is 14.2 Å². The van der Waals surface area contributed by atoms with Crippen molar-refractivity contribution in [3.8, 4) is 12.3 Å². The van der Waals surface area contributed by atoms with Crippen LogP contribution in [0.1, 0.15) is 52.9 Å². The van der Waals surface area contributed by atoms with Crippen molar-refractivity contribution in [2.24, 2.45) is 29.1 Å². The molecule has 2 heterocycles. The first-order valence-corrected chi connectivity index (χ1v) is 8.95. The molecule has 2 aliphatic heterocycles. The average molecular weight is 304 g/mol. The molecule has 22 heavy (non-hydrogen) atoms. The van der Waals surface area contributed by atoms with E-state index >= 15 is 0 Å². The molecule has 8 atom stereocenters. The predicted octanol–water partition coefficient (Wildman–Crippen LogP) is 3.58. The van der Waals surface area contributed by atoms with Crippen LogP contribution in [-0.4, -0.2) is 24.8 Å². The predicted molar refractivity (Wildman–Crippen MR) is 83.8 cm³/mol. The minimum atomic E-state index is -0.390. The second-order valence-corrected chi connectivity index (χ2v) is 8.10. The third-order valence-electron chi connectivity index (χ3n) is 7.03. The molecule has 0 aromatic heterocycles. The third kappa shape index (κ3) is 1.81. The Bertz CT molecular complexity index is 497. The van der Waals surface area contributed by atoms with Gasteiger partial charge in [0.25, 0.3) is 0 Å². The summed E-state index contributed by atoms with van der Waals surface area (Å²) in [5.74, 6) is 4.76. The first-order valence-electron chi connectivity index (χ1n) is 8.95. The molecule has 4 aliphatic rings. The van der Waals surface area contributed by atoms with Crippen LogP contribution in [0.15, 0.2) is 0 Å². The molecule has 3 heteroatoms. The van der Waals surface area contributed by atoms with E-state index in [1.165, 1.54) is 19.3 Å². The maximum absolute atomic E-state index is 6.46. The van der Waals surface area contributed by atoms with E-state index in [1.807, 2.05) is 0 Å². The van der Waals surface area contributed by atoms with E-state index in [1.54, 1.807) is 0 Å². The monoisotopic (exact) mass is 304 g/mol. The van der Waals surface area contributed by atoms with Crippen LogP contribution in [0, 0.1) is 41.4 Å². The zero-order valence-corrected chi connectivity index (χ0v) is 14.0. The Morgan fingerprint density at radius 1 is 1.09 bits per heavy atom. The van der Waals surface area contributed by atoms with Crippen molar-refractivity contribution in [3.05, 3.63) is 0 Å². The van der Waals surface area contributed by atoms with Gasteiger partial charge in [-0.2, -0.15) is 0 Å². The molecule has 0 unspecified atom stereocenters. The van der Waals surface area contributed by atoms with Crippen LogP contribution in [0.3, 0.4) is 0 Å². The highest BCUT2D eigenvalue weighted by atomic mass is 16.8. The zero-order chi connectivity index (χ0) is 15.5. The summed E-state index contributed by atoms with van der Waals surface area (Å²) < 4.78 is 18.7. The van der Waals surface area contributed by atoms with Crippen LogP contribution in [0.5, 0.6) is 0 Å². The molecule has 0 aromatic rings. The van der Waals surface area contributed by atoms with Gasteiger partial charge in [-0.05, 0) is 43.9 Å². The lowest BCUT2D eigenvalue weighted by atomic mass is 9.58. The Hall–Kier alpha value is -0.560. The van der Waals surface area contributed by atoms with Crippen molar-refractivity contribution in [2.75, 3.05) is 6.61 Å². The van der Waals surface area contributed by atoms with Crippen molar-refractivity contribution in [1.29, 1.82) is 0 Å². The van der Waals surface area contributed by atoms with Gasteiger partial charge in [-0.1, -0.05) is 26.2 Å². The van der Waals surface area contributed by atoms with Crippen molar-refractivity contribution in [2.45, 2.75) is 71.1 Å². The van der Waals surface area contributed by atoms with Gasteiger partial charge in [0.2, 0.25) is 0 Å². The van der Waals surface area contributed by atoms with E-state index in [-0.39, 0.29) is 17.8 Å². The van der Waals surface area contributed by atoms with Crippen molar-refractivity contribution in [3.63, 3.8) is 0 Å². The van der Waals surface area contributed by atoms with E-state index < -0.39 is 5.79 Å². The van der Waals surface area contributed by atoms with Crippen LogP contribution in [-0.2, 0) is 14.2 Å². The molecule has 0 N–H and O–H groups in total. The minimum Gasteiger partial charge on any atom is -0.346 e. The van der Waals surface area contributed by atoms with Crippen molar-refractivity contribution >= 4 is 0 Å². The van der Waals surface area contributed by atoms with Crippen LogP contribution in [0.4, 0.5) is 0 Å². The summed E-state index contributed by atoms with van der Waals surface area (Å²) in [6, 6.07) is 0. The molecule has 2 aliphatic carbocycles. The lowest BCUT2D eigenvalue weighted by Crippen LogP contribution is -2.53. The highest BCUT2D eigenvalue weighted by Gasteiger charge is 2.82. The number of rotatable bonds is 2. The van der Waals surface area contributed by atoms with Crippen LogP contribution in [0.25, 0.3) is 0 Å². The third-order valence-corrected chi connectivity index (χ3v) is 7.03. The van der Waals surface area contributed by atoms with E-state index in [2.05, 4.69) is 26.7 Å². The number of terminal acetylenes is 1. The molecule has 2 saturated carbocycles. The summed E-state index contributed by atoms with van der Waals surface area (Å²) in [6.45, 7) is 7.22. The van der Waals surface area contributed by atoms with Crippen molar-refractivity contribution in [1.82, 2.24) is 0 Å². The molecule has 3 nitrogen and oxygen atoms in total. The van der Waals surface area contributed by atoms with Gasteiger partial charge >= 0.3 is 0 Å². The van der Waals surface area contributed by atoms with Crippen LogP contribution >= 0.6 is 0 Å². The molecule has 0 amide bonds. The largest absolute Gasteiger partial charge is 0.346 e. The molecule has 122 valence electrons. The zero-order valence-electron chi connectivity index (χ0n) is 14.0. The quantitative estimate of drug-likeness (QED) is 0.730. The van der Waals surface area contributed by atoms with E-state index in [4.69, 9.17) is 20.6 Å². The van der Waals surface area contributed by atoms with E-state index in [0.29, 0.717) is 18.4 Å². The first kappa shape index (κ1) is 15.0. The highest BCUT2D eigenvalue weighted by molar-refractivity contribution is 5.23. The number of ether oxygens (including phenoxy) is 3. The molecule has 2 saturated heterocycles. The van der Waals surface area contributed by atoms with Crippen LogP contribution in [0.2, 0.25) is 0 Å². The normalized spacial score (nSPS) is 56.3. The molecule has 0 radical (unpaired) electrons. The molecule has 4 rings (SSSR count). The first-order chi connectivity index (χ1) is 10.5. The number of hydrogen-bond donors (Lipinski definition) is 0. The summed E-state index contributed by atoms with van der Waals surface area (Å²) >= 11 is 0. The maximum atomic E-state index is 6.46. The minimum absolute atomic E-state index is 0.212. The SMILES string of the molecule is C#CCO[C@@H]1O[C@]23C[C@]24[C@@H](CC[C@@H](C)[C@@H]4CC[C@H](C)O3)[C@H]1C. The molecular formula is C19H28O3. The topological polar surface area (TPSA) is 27.7 Å². The Balaban J connectivity index is 1.69. The standard InChI is InChI=1S/C19H28O3/c1-5-10-20-17-14(4)16-8-6-12(2)15-9-7-13(3)21-19(22-17)11-18(15,16)19/h1,12-17H,6-11H2,2-4H3/t12-,13+,14-,15+,16+,17-,18+,19-/m1/s1. The fraction of sp³-hybridized carbons (Fsp3) is 0.895. The van der Waals surface area contributed by atoms with Gasteiger partial charge in [0, 0.05) is 17.8 Å². The van der Waals surface area contributed by atoms with Gasteiger partial charge in [0.15, 0.2) is 12.1 Å². The van der Waals surface area contributed by atoms with Gasteiger partial charge in [-0.15, -0.1) is 6.42 Å². The van der Waals surface area contributed by atoms with Gasteiger partial charge in [0.05, 0.1) is 6.10 Å². The van der Waals surface area contributed by atoms with Gasteiger partial charge in [-0.3, -0.25) is 0 Å². The molecule has 0 bridgehead atoms. The lowest BCUT2D eigenvalue weighted by molar-refractivity contribution is -0.337.